The number of ether oxygens (including phenoxy) is 1. The molecule has 0 spiro atoms. The fourth-order valence-electron chi connectivity index (χ4n) is 3.17. The molecule has 1 aromatic carbocycles. The fourth-order valence-corrected chi connectivity index (χ4v) is 3.69. The summed E-state index contributed by atoms with van der Waals surface area (Å²) in [5, 5.41) is 15.3. The maximum atomic E-state index is 10.5. The molecular weight excluding hydrogens is 394 g/mol. The van der Waals surface area contributed by atoms with Crippen LogP contribution in [0.1, 0.15) is 12.8 Å². The molecule has 1 aromatic heterocycles. The number of benzene rings is 1. The monoisotopic (exact) mass is 413 g/mol. The van der Waals surface area contributed by atoms with Crippen LogP contribution in [0.3, 0.4) is 0 Å². The summed E-state index contributed by atoms with van der Waals surface area (Å²) < 4.78 is 8.01. The average Bonchev–Trinajstić information content (AvgIpc) is 3.00. The van der Waals surface area contributed by atoms with Crippen LogP contribution in [0.15, 0.2) is 35.1 Å². The van der Waals surface area contributed by atoms with Crippen molar-refractivity contribution in [2.75, 3.05) is 25.1 Å². The van der Waals surface area contributed by atoms with Gasteiger partial charge in [0.15, 0.2) is 0 Å². The zero-order chi connectivity index (χ0) is 17.1. The second-order valence-corrected chi connectivity index (χ2v) is 7.41. The Morgan fingerprint density at radius 2 is 2.17 bits per heavy atom. The van der Waals surface area contributed by atoms with Gasteiger partial charge in [0.25, 0.3) is 0 Å². The minimum Gasteiger partial charge on any atom is -0.495 e. The minimum atomic E-state index is -0.376. The number of aliphatic hydroxyl groups is 1. The lowest BCUT2D eigenvalue weighted by Gasteiger charge is -2.35. The van der Waals surface area contributed by atoms with E-state index < -0.39 is 0 Å². The van der Waals surface area contributed by atoms with Crippen molar-refractivity contribution in [3.05, 3.63) is 40.1 Å². The number of aliphatic hydroxyl groups excluding tert-OH is 1. The fraction of sp³-hybridized carbons (Fsp3) is 0.471. The number of nitrogens with zero attached hydrogens (tertiary/aromatic N) is 3. The summed E-state index contributed by atoms with van der Waals surface area (Å²) in [5.41, 5.74) is 1.11. The molecule has 7 heteroatoms. The van der Waals surface area contributed by atoms with Crippen LogP contribution in [0, 0.1) is 5.92 Å². The van der Waals surface area contributed by atoms with E-state index in [0.29, 0.717) is 23.2 Å². The van der Waals surface area contributed by atoms with Crippen molar-refractivity contribution >= 4 is 33.2 Å². The third kappa shape index (κ3) is 4.05. The molecule has 1 saturated heterocycles. The summed E-state index contributed by atoms with van der Waals surface area (Å²) in [6, 6.07) is 5.86. The molecule has 1 aliphatic heterocycles. The molecule has 1 fully saturated rings. The quantitative estimate of drug-likeness (QED) is 0.812. The van der Waals surface area contributed by atoms with Gasteiger partial charge in [-0.3, -0.25) is 4.68 Å². The first-order valence-electron chi connectivity index (χ1n) is 8.01. The Bertz CT molecular complexity index is 686. The van der Waals surface area contributed by atoms with Gasteiger partial charge in [-0.1, -0.05) is 11.6 Å². The lowest BCUT2D eigenvalue weighted by Crippen LogP contribution is -2.39. The predicted molar refractivity (Wildman–Crippen MR) is 98.9 cm³/mol. The second kappa shape index (κ2) is 7.76. The van der Waals surface area contributed by atoms with Crippen molar-refractivity contribution in [1.29, 1.82) is 0 Å². The first-order chi connectivity index (χ1) is 11.6. The molecule has 0 radical (unpaired) electrons. The molecule has 130 valence electrons. The highest BCUT2D eigenvalue weighted by Crippen LogP contribution is 2.32. The van der Waals surface area contributed by atoms with E-state index in [1.807, 2.05) is 24.4 Å². The Morgan fingerprint density at radius 1 is 1.42 bits per heavy atom. The number of anilines is 1. The number of rotatable bonds is 5. The van der Waals surface area contributed by atoms with Crippen LogP contribution in [-0.4, -0.2) is 41.2 Å². The smallest absolute Gasteiger partial charge is 0.139 e. The van der Waals surface area contributed by atoms with Gasteiger partial charge in [-0.25, -0.2) is 0 Å². The molecule has 1 aliphatic rings. The van der Waals surface area contributed by atoms with Crippen LogP contribution in [0.2, 0.25) is 5.02 Å². The molecule has 1 N–H and O–H groups in total. The summed E-state index contributed by atoms with van der Waals surface area (Å²) in [7, 11) is 1.63. The van der Waals surface area contributed by atoms with E-state index in [1.165, 1.54) is 0 Å². The largest absolute Gasteiger partial charge is 0.495 e. The predicted octanol–water partition coefficient (Wildman–Crippen LogP) is 3.59. The van der Waals surface area contributed by atoms with Gasteiger partial charge in [0.05, 0.1) is 35.5 Å². The maximum Gasteiger partial charge on any atom is 0.139 e. The Balaban J connectivity index is 1.57. The number of halogens is 2. The molecule has 0 saturated carbocycles. The number of piperidine rings is 1. The number of aromatic nitrogens is 2. The zero-order valence-corrected chi connectivity index (χ0v) is 15.9. The standard InChI is InChI=1S/C17H21BrClN3O2/c1-24-17-8-14(2-3-15(17)19)21-6-4-12(5-7-21)16(23)11-22-10-13(18)9-20-22/h2-3,8-10,12,16,23H,4-7,11H2,1H3. The first kappa shape index (κ1) is 17.6. The van der Waals surface area contributed by atoms with Crippen LogP contribution in [0.5, 0.6) is 5.75 Å². The molecular formula is C17H21BrClN3O2. The normalized spacial score (nSPS) is 17.1. The van der Waals surface area contributed by atoms with Crippen LogP contribution in [0.4, 0.5) is 5.69 Å². The summed E-state index contributed by atoms with van der Waals surface area (Å²) in [6.07, 6.45) is 5.16. The minimum absolute atomic E-state index is 0.290. The molecule has 0 bridgehead atoms. The number of hydrogen-bond donors (Lipinski definition) is 1. The molecule has 0 amide bonds. The third-order valence-electron chi connectivity index (χ3n) is 4.56. The van der Waals surface area contributed by atoms with E-state index in [2.05, 4.69) is 25.9 Å². The zero-order valence-electron chi connectivity index (χ0n) is 13.5. The van der Waals surface area contributed by atoms with Gasteiger partial charge in [0.2, 0.25) is 0 Å². The van der Waals surface area contributed by atoms with Gasteiger partial charge in [0, 0.05) is 31.0 Å². The topological polar surface area (TPSA) is 50.5 Å². The lowest BCUT2D eigenvalue weighted by molar-refractivity contribution is 0.0734. The van der Waals surface area contributed by atoms with Crippen molar-refractivity contribution in [1.82, 2.24) is 9.78 Å². The van der Waals surface area contributed by atoms with Crippen LogP contribution in [0.25, 0.3) is 0 Å². The number of methoxy groups -OCH3 is 1. The molecule has 24 heavy (non-hydrogen) atoms. The van der Waals surface area contributed by atoms with E-state index in [0.717, 1.165) is 36.1 Å². The first-order valence-corrected chi connectivity index (χ1v) is 9.18. The highest BCUT2D eigenvalue weighted by atomic mass is 79.9. The van der Waals surface area contributed by atoms with E-state index in [9.17, 15) is 5.11 Å². The van der Waals surface area contributed by atoms with Gasteiger partial charge in [-0.15, -0.1) is 0 Å². The second-order valence-electron chi connectivity index (χ2n) is 6.09. The van der Waals surface area contributed by atoms with Crippen molar-refractivity contribution < 1.29 is 9.84 Å². The van der Waals surface area contributed by atoms with Crippen LogP contribution >= 0.6 is 27.5 Å². The van der Waals surface area contributed by atoms with Crippen molar-refractivity contribution in [3.8, 4) is 5.75 Å². The average molecular weight is 415 g/mol. The van der Waals surface area contributed by atoms with E-state index in [1.54, 1.807) is 18.0 Å². The van der Waals surface area contributed by atoms with Crippen molar-refractivity contribution in [2.24, 2.45) is 5.92 Å². The maximum absolute atomic E-state index is 10.5. The molecule has 3 rings (SSSR count). The van der Waals surface area contributed by atoms with Gasteiger partial charge in [-0.2, -0.15) is 5.10 Å². The lowest BCUT2D eigenvalue weighted by atomic mass is 9.91. The van der Waals surface area contributed by atoms with Gasteiger partial charge in [0.1, 0.15) is 5.75 Å². The Labute approximate surface area is 155 Å². The highest BCUT2D eigenvalue weighted by molar-refractivity contribution is 9.10. The SMILES string of the molecule is COc1cc(N2CCC(C(O)Cn3cc(Br)cn3)CC2)ccc1Cl. The Kier molecular flexibility index (Phi) is 5.69. The van der Waals surface area contributed by atoms with Gasteiger partial charge in [-0.05, 0) is 46.8 Å². The van der Waals surface area contributed by atoms with E-state index in [4.69, 9.17) is 16.3 Å². The summed E-state index contributed by atoms with van der Waals surface area (Å²) in [5.74, 6) is 0.985. The Hall–Kier alpha value is -1.24. The molecule has 1 unspecified atom stereocenters. The van der Waals surface area contributed by atoms with Crippen molar-refractivity contribution in [3.63, 3.8) is 0 Å². The summed E-state index contributed by atoms with van der Waals surface area (Å²) in [6.45, 7) is 2.36. The molecule has 2 heterocycles. The number of hydrogen-bond acceptors (Lipinski definition) is 4. The highest BCUT2D eigenvalue weighted by Gasteiger charge is 2.26. The van der Waals surface area contributed by atoms with Crippen molar-refractivity contribution in [2.45, 2.75) is 25.5 Å². The molecule has 0 aliphatic carbocycles. The Morgan fingerprint density at radius 3 is 2.79 bits per heavy atom. The van der Waals surface area contributed by atoms with Crippen LogP contribution < -0.4 is 9.64 Å². The molecule has 5 nitrogen and oxygen atoms in total. The molecule has 1 atom stereocenters. The van der Waals surface area contributed by atoms with E-state index >= 15 is 0 Å². The van der Waals surface area contributed by atoms with Gasteiger partial charge < -0.3 is 14.7 Å². The third-order valence-corrected chi connectivity index (χ3v) is 5.28. The summed E-state index contributed by atoms with van der Waals surface area (Å²) >= 11 is 9.47. The van der Waals surface area contributed by atoms with Crippen LogP contribution in [-0.2, 0) is 6.54 Å². The summed E-state index contributed by atoms with van der Waals surface area (Å²) in [4.78, 5) is 2.31. The van der Waals surface area contributed by atoms with Gasteiger partial charge >= 0.3 is 0 Å². The van der Waals surface area contributed by atoms with E-state index in [-0.39, 0.29) is 6.10 Å². The molecule has 2 aromatic rings.